The second kappa shape index (κ2) is 13.2. The summed E-state index contributed by atoms with van der Waals surface area (Å²) in [5.41, 5.74) is 19.9. The number of hydrogen-bond donors (Lipinski definition) is 0. The van der Waals surface area contributed by atoms with Gasteiger partial charge in [0.15, 0.2) is 0 Å². The molecule has 56 heavy (non-hydrogen) atoms. The van der Waals surface area contributed by atoms with E-state index in [2.05, 4.69) is 196 Å². The monoisotopic (exact) mass is 725 g/mol. The fraction of sp³-hybridized carbons (Fsp3) is 0.236. The first-order valence-corrected chi connectivity index (χ1v) is 20.8. The van der Waals surface area contributed by atoms with Crippen LogP contribution >= 0.6 is 0 Å². The van der Waals surface area contributed by atoms with Crippen molar-refractivity contribution in [1.29, 1.82) is 0 Å². The van der Waals surface area contributed by atoms with Crippen LogP contribution in [0.25, 0.3) is 22.3 Å². The molecule has 0 saturated heterocycles. The second-order valence-corrected chi connectivity index (χ2v) is 17.8. The fourth-order valence-corrected chi connectivity index (χ4v) is 10.6. The number of fused-ring (bicyclic) bond motifs is 5. The van der Waals surface area contributed by atoms with E-state index in [-0.39, 0.29) is 10.8 Å². The molecule has 0 aromatic heterocycles. The molecular formula is C55H51N. The molecule has 0 bridgehead atoms. The minimum atomic E-state index is -0.498. The molecule has 1 heteroatoms. The van der Waals surface area contributed by atoms with Gasteiger partial charge >= 0.3 is 0 Å². The third-order valence-corrected chi connectivity index (χ3v) is 13.6. The van der Waals surface area contributed by atoms with Crippen LogP contribution in [0.1, 0.15) is 97.9 Å². The molecule has 0 aliphatic heterocycles. The maximum Gasteiger partial charge on any atom is 0.0714 e. The van der Waals surface area contributed by atoms with Gasteiger partial charge in [-0.25, -0.2) is 0 Å². The van der Waals surface area contributed by atoms with Crippen LogP contribution in [0.4, 0.5) is 17.1 Å². The largest absolute Gasteiger partial charge is 0.310 e. The van der Waals surface area contributed by atoms with E-state index in [0.717, 1.165) is 12.8 Å². The van der Waals surface area contributed by atoms with Crippen LogP contribution in [-0.2, 0) is 29.1 Å². The Balaban J connectivity index is 1.35. The predicted octanol–water partition coefficient (Wildman–Crippen LogP) is 14.4. The van der Waals surface area contributed by atoms with Gasteiger partial charge in [-0.15, -0.1) is 0 Å². The Morgan fingerprint density at radius 1 is 0.429 bits per heavy atom. The lowest BCUT2D eigenvalue weighted by molar-refractivity contribution is 0.332. The normalized spacial score (nSPS) is 16.9. The van der Waals surface area contributed by atoms with E-state index >= 15 is 0 Å². The zero-order valence-corrected chi connectivity index (χ0v) is 33.3. The van der Waals surface area contributed by atoms with Gasteiger partial charge in [0.2, 0.25) is 0 Å². The van der Waals surface area contributed by atoms with Crippen molar-refractivity contribution in [3.05, 3.63) is 208 Å². The van der Waals surface area contributed by atoms with E-state index in [1.807, 2.05) is 0 Å². The summed E-state index contributed by atoms with van der Waals surface area (Å²) in [5.74, 6) is 0. The Morgan fingerprint density at radius 2 is 1.05 bits per heavy atom. The van der Waals surface area contributed by atoms with Gasteiger partial charge in [-0.05, 0) is 141 Å². The number of nitrogens with zero attached hydrogens (tertiary/aromatic N) is 1. The van der Waals surface area contributed by atoms with Gasteiger partial charge in [-0.3, -0.25) is 0 Å². The van der Waals surface area contributed by atoms with Gasteiger partial charge in [-0.2, -0.15) is 0 Å². The smallest absolute Gasteiger partial charge is 0.0714 e. The highest BCUT2D eigenvalue weighted by Gasteiger charge is 2.47. The van der Waals surface area contributed by atoms with Crippen LogP contribution in [0.3, 0.4) is 0 Å². The number of hydrogen-bond acceptors (Lipinski definition) is 1. The SMILES string of the molecule is CC1(C)CCC(C)(C)c2cc(-c3cc4c(cc3N(c3ccccc3)c3cccc5c3CCCC5)C(c3ccccc3)(c3ccccc3)c3ccccc3-4)ccc21. The van der Waals surface area contributed by atoms with Gasteiger partial charge in [0.1, 0.15) is 0 Å². The number of aryl methyl sites for hydroxylation is 1. The molecule has 0 heterocycles. The molecule has 0 atom stereocenters. The number of anilines is 3. The molecule has 0 fully saturated rings. The van der Waals surface area contributed by atoms with Crippen molar-refractivity contribution < 1.29 is 0 Å². The number of rotatable bonds is 6. The van der Waals surface area contributed by atoms with E-state index < -0.39 is 5.41 Å². The summed E-state index contributed by atoms with van der Waals surface area (Å²) >= 11 is 0. The molecule has 7 aromatic rings. The lowest BCUT2D eigenvalue weighted by Gasteiger charge is -2.42. The van der Waals surface area contributed by atoms with Crippen molar-refractivity contribution >= 4 is 17.1 Å². The molecule has 276 valence electrons. The van der Waals surface area contributed by atoms with Crippen molar-refractivity contribution in [3.8, 4) is 22.3 Å². The highest BCUT2D eigenvalue weighted by molar-refractivity contribution is 5.97. The zero-order valence-electron chi connectivity index (χ0n) is 33.3. The number of benzene rings is 7. The van der Waals surface area contributed by atoms with Crippen molar-refractivity contribution in [3.63, 3.8) is 0 Å². The third kappa shape index (κ3) is 5.35. The molecular weight excluding hydrogens is 675 g/mol. The summed E-state index contributed by atoms with van der Waals surface area (Å²) in [6.45, 7) is 9.76. The summed E-state index contributed by atoms with van der Waals surface area (Å²) in [7, 11) is 0. The van der Waals surface area contributed by atoms with Crippen molar-refractivity contribution in [1.82, 2.24) is 0 Å². The topological polar surface area (TPSA) is 3.24 Å². The van der Waals surface area contributed by atoms with Crippen LogP contribution in [0.2, 0.25) is 0 Å². The van der Waals surface area contributed by atoms with Crippen molar-refractivity contribution in [2.24, 2.45) is 0 Å². The van der Waals surface area contributed by atoms with E-state index in [4.69, 9.17) is 0 Å². The average molecular weight is 726 g/mol. The molecule has 3 aliphatic rings. The molecule has 1 nitrogen and oxygen atoms in total. The molecule has 0 spiro atoms. The molecule has 3 aliphatic carbocycles. The Labute approximate surface area is 333 Å². The number of para-hydroxylation sites is 1. The van der Waals surface area contributed by atoms with Gasteiger partial charge in [0.05, 0.1) is 11.1 Å². The van der Waals surface area contributed by atoms with Gasteiger partial charge in [-0.1, -0.05) is 161 Å². The average Bonchev–Trinajstić information content (AvgIpc) is 3.53. The van der Waals surface area contributed by atoms with Crippen LogP contribution in [0.5, 0.6) is 0 Å². The molecule has 0 saturated carbocycles. The molecule has 0 unspecified atom stereocenters. The maximum absolute atomic E-state index is 2.61. The molecule has 7 aromatic carbocycles. The van der Waals surface area contributed by atoms with E-state index in [1.54, 1.807) is 0 Å². The highest BCUT2D eigenvalue weighted by atomic mass is 15.1. The Morgan fingerprint density at radius 3 is 1.77 bits per heavy atom. The predicted molar refractivity (Wildman–Crippen MR) is 236 cm³/mol. The van der Waals surface area contributed by atoms with Crippen molar-refractivity contribution in [2.75, 3.05) is 4.90 Å². The molecule has 0 amide bonds. The fourth-order valence-electron chi connectivity index (χ4n) is 10.6. The van der Waals surface area contributed by atoms with Gasteiger partial charge in [0, 0.05) is 16.9 Å². The summed E-state index contributed by atoms with van der Waals surface area (Å²) in [4.78, 5) is 2.61. The molecule has 0 N–H and O–H groups in total. The zero-order chi connectivity index (χ0) is 38.1. The summed E-state index contributed by atoms with van der Waals surface area (Å²) in [5, 5.41) is 0. The van der Waals surface area contributed by atoms with Crippen LogP contribution < -0.4 is 4.90 Å². The maximum atomic E-state index is 2.61. The van der Waals surface area contributed by atoms with Crippen LogP contribution in [0.15, 0.2) is 164 Å². The lowest BCUT2D eigenvalue weighted by atomic mass is 9.63. The van der Waals surface area contributed by atoms with Crippen LogP contribution in [-0.4, -0.2) is 0 Å². The molecule has 0 radical (unpaired) electrons. The minimum Gasteiger partial charge on any atom is -0.310 e. The highest BCUT2D eigenvalue weighted by Crippen LogP contribution is 2.59. The lowest BCUT2D eigenvalue weighted by Crippen LogP contribution is -2.33. The summed E-state index contributed by atoms with van der Waals surface area (Å²) in [6, 6.07) is 62.4. The Bertz CT molecular complexity index is 2540. The summed E-state index contributed by atoms with van der Waals surface area (Å²) in [6.07, 6.45) is 7.10. The Hall–Kier alpha value is -5.66. The molecule has 10 rings (SSSR count). The van der Waals surface area contributed by atoms with E-state index in [9.17, 15) is 0 Å². The van der Waals surface area contributed by atoms with Crippen LogP contribution in [0, 0.1) is 0 Å². The standard InChI is InChI=1S/C55H51N/c1-53(2)33-34-54(3,4)50-35-39(31-32-48(50)53)45-36-46-44-28-16-17-29-47(44)55(40-21-8-5-9-22-40,41-23-10-6-11-24-41)49(46)37-52(45)56(42-25-12-7-13-26-42)51-30-18-20-38-19-14-15-27-43(38)51/h5-13,16-18,20-26,28-32,35-37H,14-15,19,27,33-34H2,1-4H3. The van der Waals surface area contributed by atoms with Crippen molar-refractivity contribution in [2.45, 2.75) is 82.5 Å². The minimum absolute atomic E-state index is 0.0950. The quantitative estimate of drug-likeness (QED) is 0.165. The van der Waals surface area contributed by atoms with E-state index in [0.29, 0.717) is 0 Å². The van der Waals surface area contributed by atoms with Gasteiger partial charge in [0.25, 0.3) is 0 Å². The second-order valence-electron chi connectivity index (χ2n) is 17.8. The van der Waals surface area contributed by atoms with Gasteiger partial charge < -0.3 is 4.90 Å². The summed E-state index contributed by atoms with van der Waals surface area (Å²) < 4.78 is 0. The Kier molecular flexibility index (Phi) is 8.22. The first-order chi connectivity index (χ1) is 27.3. The third-order valence-electron chi connectivity index (χ3n) is 13.6. The first-order valence-electron chi connectivity index (χ1n) is 20.8. The first kappa shape index (κ1) is 34.8. The van der Waals surface area contributed by atoms with E-state index in [1.165, 1.54) is 110 Å².